The zero-order valence-electron chi connectivity index (χ0n) is 10.9. The highest BCUT2D eigenvalue weighted by atomic mass is 35.5. The number of carbonyl (C=O) groups is 1. The van der Waals surface area contributed by atoms with E-state index in [-0.39, 0.29) is 10.8 Å². The van der Waals surface area contributed by atoms with Gasteiger partial charge >= 0.3 is 0 Å². The quantitative estimate of drug-likeness (QED) is 0.924. The highest BCUT2D eigenvalue weighted by molar-refractivity contribution is 7.90. The van der Waals surface area contributed by atoms with Gasteiger partial charge in [-0.1, -0.05) is 23.2 Å². The third-order valence-electron chi connectivity index (χ3n) is 2.72. The van der Waals surface area contributed by atoms with E-state index in [1.165, 1.54) is 30.3 Å². The molecule has 0 unspecified atom stereocenters. The SMILES string of the molecule is CS(=O)(=O)c1ccc(C(=O)Nc2ccc(Cl)c(Cl)c2)cc1. The normalized spacial score (nSPS) is 11.2. The lowest BCUT2D eigenvalue weighted by atomic mass is 10.2. The van der Waals surface area contributed by atoms with Gasteiger partial charge in [-0.25, -0.2) is 8.42 Å². The number of sulfone groups is 1. The third-order valence-corrected chi connectivity index (χ3v) is 4.59. The molecule has 0 aliphatic heterocycles. The zero-order valence-corrected chi connectivity index (χ0v) is 13.3. The zero-order chi connectivity index (χ0) is 15.6. The summed E-state index contributed by atoms with van der Waals surface area (Å²) in [6, 6.07) is 10.4. The van der Waals surface area contributed by atoms with Gasteiger partial charge in [0, 0.05) is 17.5 Å². The molecule has 0 aromatic heterocycles. The first-order chi connectivity index (χ1) is 9.77. The number of benzene rings is 2. The summed E-state index contributed by atoms with van der Waals surface area (Å²) in [4.78, 5) is 12.2. The van der Waals surface area contributed by atoms with Crippen LogP contribution in [0.5, 0.6) is 0 Å². The van der Waals surface area contributed by atoms with Crippen LogP contribution in [-0.2, 0) is 9.84 Å². The molecule has 0 atom stereocenters. The molecule has 21 heavy (non-hydrogen) atoms. The van der Waals surface area contributed by atoms with Gasteiger partial charge in [0.25, 0.3) is 5.91 Å². The first-order valence-electron chi connectivity index (χ1n) is 5.84. The van der Waals surface area contributed by atoms with Crippen LogP contribution < -0.4 is 5.32 Å². The Balaban J connectivity index is 2.18. The van der Waals surface area contributed by atoms with E-state index in [0.29, 0.717) is 21.3 Å². The maximum atomic E-state index is 12.0. The van der Waals surface area contributed by atoms with E-state index in [1.807, 2.05) is 0 Å². The van der Waals surface area contributed by atoms with Gasteiger partial charge in [-0.3, -0.25) is 4.79 Å². The molecule has 0 saturated heterocycles. The molecule has 7 heteroatoms. The van der Waals surface area contributed by atoms with Gasteiger partial charge in [0.15, 0.2) is 9.84 Å². The van der Waals surface area contributed by atoms with Crippen LogP contribution in [0.1, 0.15) is 10.4 Å². The smallest absolute Gasteiger partial charge is 0.255 e. The number of halogens is 2. The number of amides is 1. The summed E-state index contributed by atoms with van der Waals surface area (Å²) in [6.45, 7) is 0. The van der Waals surface area contributed by atoms with Crippen molar-refractivity contribution in [1.82, 2.24) is 0 Å². The second-order valence-electron chi connectivity index (χ2n) is 4.38. The highest BCUT2D eigenvalue weighted by Gasteiger charge is 2.10. The molecular formula is C14H11Cl2NO3S. The highest BCUT2D eigenvalue weighted by Crippen LogP contribution is 2.25. The minimum Gasteiger partial charge on any atom is -0.322 e. The summed E-state index contributed by atoms with van der Waals surface area (Å²) in [5.74, 6) is -0.367. The van der Waals surface area contributed by atoms with Crippen molar-refractivity contribution < 1.29 is 13.2 Å². The monoisotopic (exact) mass is 343 g/mol. The predicted molar refractivity (Wildman–Crippen MR) is 84.0 cm³/mol. The molecule has 4 nitrogen and oxygen atoms in total. The van der Waals surface area contributed by atoms with Crippen LogP contribution in [0.15, 0.2) is 47.4 Å². The van der Waals surface area contributed by atoms with Crippen LogP contribution in [0.4, 0.5) is 5.69 Å². The van der Waals surface area contributed by atoms with E-state index in [0.717, 1.165) is 6.26 Å². The van der Waals surface area contributed by atoms with E-state index < -0.39 is 9.84 Å². The summed E-state index contributed by atoms with van der Waals surface area (Å²) in [7, 11) is -3.28. The molecule has 1 N–H and O–H groups in total. The van der Waals surface area contributed by atoms with Crippen molar-refractivity contribution in [2.24, 2.45) is 0 Å². The van der Waals surface area contributed by atoms with Gasteiger partial charge in [-0.2, -0.15) is 0 Å². The molecular weight excluding hydrogens is 333 g/mol. The number of hydrogen-bond acceptors (Lipinski definition) is 3. The van der Waals surface area contributed by atoms with Crippen molar-refractivity contribution in [2.75, 3.05) is 11.6 Å². The van der Waals surface area contributed by atoms with Crippen molar-refractivity contribution in [2.45, 2.75) is 4.90 Å². The summed E-state index contributed by atoms with van der Waals surface area (Å²) in [5, 5.41) is 3.38. The maximum Gasteiger partial charge on any atom is 0.255 e. The minimum atomic E-state index is -3.28. The molecule has 0 aliphatic rings. The second-order valence-corrected chi connectivity index (χ2v) is 7.21. The maximum absolute atomic E-state index is 12.0. The average molecular weight is 344 g/mol. The summed E-state index contributed by atoms with van der Waals surface area (Å²) >= 11 is 11.7. The Morgan fingerprint density at radius 3 is 2.14 bits per heavy atom. The Bertz CT molecular complexity index is 786. The molecule has 2 aromatic carbocycles. The molecule has 0 spiro atoms. The Morgan fingerprint density at radius 1 is 1.00 bits per heavy atom. The fraction of sp³-hybridized carbons (Fsp3) is 0.0714. The van der Waals surface area contributed by atoms with Crippen molar-refractivity contribution >= 4 is 44.6 Å². The number of anilines is 1. The van der Waals surface area contributed by atoms with Gasteiger partial charge in [0.1, 0.15) is 0 Å². The molecule has 2 aromatic rings. The van der Waals surface area contributed by atoms with Crippen LogP contribution in [-0.4, -0.2) is 20.6 Å². The molecule has 0 bridgehead atoms. The first-order valence-corrected chi connectivity index (χ1v) is 8.48. The third kappa shape index (κ3) is 3.97. The number of rotatable bonds is 3. The van der Waals surface area contributed by atoms with Crippen molar-refractivity contribution in [3.63, 3.8) is 0 Å². The second kappa shape index (κ2) is 6.05. The van der Waals surface area contributed by atoms with Crippen LogP contribution in [0.2, 0.25) is 10.0 Å². The number of carbonyl (C=O) groups excluding carboxylic acids is 1. The van der Waals surface area contributed by atoms with Gasteiger partial charge < -0.3 is 5.32 Å². The van der Waals surface area contributed by atoms with Crippen LogP contribution in [0.25, 0.3) is 0 Å². The van der Waals surface area contributed by atoms with Crippen molar-refractivity contribution in [3.05, 3.63) is 58.1 Å². The molecule has 1 amide bonds. The Kier molecular flexibility index (Phi) is 4.56. The number of nitrogens with one attached hydrogen (secondary N) is 1. The molecule has 0 saturated carbocycles. The van der Waals surface area contributed by atoms with Crippen LogP contribution in [0.3, 0.4) is 0 Å². The Morgan fingerprint density at radius 2 is 1.62 bits per heavy atom. The van der Waals surface area contributed by atoms with E-state index in [4.69, 9.17) is 23.2 Å². The van der Waals surface area contributed by atoms with Gasteiger partial charge in [-0.05, 0) is 42.5 Å². The van der Waals surface area contributed by atoms with Crippen LogP contribution in [0, 0.1) is 0 Å². The van der Waals surface area contributed by atoms with Crippen molar-refractivity contribution in [3.8, 4) is 0 Å². The topological polar surface area (TPSA) is 63.2 Å². The summed E-state index contributed by atoms with van der Waals surface area (Å²) in [6.07, 6.45) is 1.11. The molecule has 0 aliphatic carbocycles. The van der Waals surface area contributed by atoms with E-state index in [9.17, 15) is 13.2 Å². The summed E-state index contributed by atoms with van der Waals surface area (Å²) in [5.41, 5.74) is 0.843. The lowest BCUT2D eigenvalue weighted by Crippen LogP contribution is -2.12. The lowest BCUT2D eigenvalue weighted by Gasteiger charge is -2.07. The number of hydrogen-bond donors (Lipinski definition) is 1. The molecule has 0 heterocycles. The molecule has 0 fully saturated rings. The summed E-state index contributed by atoms with van der Waals surface area (Å²) < 4.78 is 22.7. The first kappa shape index (κ1) is 15.8. The van der Waals surface area contributed by atoms with Gasteiger partial charge in [-0.15, -0.1) is 0 Å². The Hall–Kier alpha value is -1.56. The van der Waals surface area contributed by atoms with E-state index in [2.05, 4.69) is 5.32 Å². The van der Waals surface area contributed by atoms with Crippen molar-refractivity contribution in [1.29, 1.82) is 0 Å². The molecule has 2 rings (SSSR count). The molecule has 0 radical (unpaired) electrons. The fourth-order valence-electron chi connectivity index (χ4n) is 1.63. The largest absolute Gasteiger partial charge is 0.322 e. The Labute approximate surface area is 132 Å². The van der Waals surface area contributed by atoms with Gasteiger partial charge in [0.05, 0.1) is 14.9 Å². The minimum absolute atomic E-state index is 0.161. The van der Waals surface area contributed by atoms with E-state index >= 15 is 0 Å². The molecule has 110 valence electrons. The lowest BCUT2D eigenvalue weighted by molar-refractivity contribution is 0.102. The van der Waals surface area contributed by atoms with Gasteiger partial charge in [0.2, 0.25) is 0 Å². The average Bonchev–Trinajstić information content (AvgIpc) is 2.42. The van der Waals surface area contributed by atoms with Crippen LogP contribution >= 0.6 is 23.2 Å². The standard InChI is InChI=1S/C14H11Cl2NO3S/c1-21(19,20)11-5-2-9(3-6-11)14(18)17-10-4-7-12(15)13(16)8-10/h2-8H,1H3,(H,17,18). The fourth-order valence-corrected chi connectivity index (χ4v) is 2.56. The van der Waals surface area contributed by atoms with E-state index in [1.54, 1.807) is 12.1 Å². The predicted octanol–water partition coefficient (Wildman–Crippen LogP) is 3.65.